The molecule has 0 saturated carbocycles. The van der Waals surface area contributed by atoms with Crippen LogP contribution in [0.4, 0.5) is 17.1 Å². The summed E-state index contributed by atoms with van der Waals surface area (Å²) in [4.78, 5) is 32.3. The van der Waals surface area contributed by atoms with Gasteiger partial charge in [-0.15, -0.1) is 0 Å². The molecule has 0 saturated heterocycles. The van der Waals surface area contributed by atoms with Crippen LogP contribution in [-0.4, -0.2) is 12.0 Å². The molecule has 0 aliphatic carbocycles. The Hall–Kier alpha value is -2.70. The molecule has 0 atom stereocenters. The van der Waals surface area contributed by atoms with Gasteiger partial charge in [0.15, 0.2) is 5.75 Å². The molecule has 92 valence electrons. The first-order valence-electron chi connectivity index (χ1n) is 4.93. The number of nitrogens with zero attached hydrogens (tertiary/aromatic N) is 1. The monoisotopic (exact) mass is 248 g/mol. The number of nitro benzene ring substituents is 1. The quantitative estimate of drug-likeness (QED) is 0.491. The summed E-state index contributed by atoms with van der Waals surface area (Å²) in [6, 6.07) is 5.46. The largest absolute Gasteiger partial charge is 0.491 e. The number of hydrogen-bond acceptors (Lipinski definition) is 6. The highest BCUT2D eigenvalue weighted by molar-refractivity contribution is 5.70. The lowest BCUT2D eigenvalue weighted by molar-refractivity contribution is -0.384. The number of hydrogen-bond donors (Lipinski definition) is 1. The fraction of sp³-hybridized carbons (Fsp3) is 0.0909. The second kappa shape index (κ2) is 4.28. The Labute approximate surface area is 100 Å². The lowest BCUT2D eigenvalue weighted by Gasteiger charge is -2.11. The topological polar surface area (TPSA) is 98.5 Å². The predicted octanol–water partition coefficient (Wildman–Crippen LogP) is 0.943. The summed E-state index contributed by atoms with van der Waals surface area (Å²) in [6.07, 6.45) is 0. The minimum Gasteiger partial charge on any atom is -0.491 e. The Kier molecular flexibility index (Phi) is 2.80. The van der Waals surface area contributed by atoms with Gasteiger partial charge < -0.3 is 10.1 Å². The summed E-state index contributed by atoms with van der Waals surface area (Å²) in [6.45, 7) is 0. The van der Waals surface area contributed by atoms with Gasteiger partial charge in [-0.2, -0.15) is 0 Å². The van der Waals surface area contributed by atoms with Crippen molar-refractivity contribution in [2.24, 2.45) is 0 Å². The normalized spacial score (nSPS) is 10.3. The van der Waals surface area contributed by atoms with Gasteiger partial charge in [-0.05, 0) is 12.1 Å². The second-order valence-corrected chi connectivity index (χ2v) is 3.50. The number of benzene rings is 1. The van der Waals surface area contributed by atoms with E-state index in [1.54, 1.807) is 0 Å². The summed E-state index contributed by atoms with van der Waals surface area (Å²) in [5.41, 5.74) is -0.869. The van der Waals surface area contributed by atoms with E-state index in [0.717, 1.165) is 0 Å². The number of anilines is 2. The number of ether oxygens (including phenoxy) is 1. The van der Waals surface area contributed by atoms with Crippen molar-refractivity contribution in [2.45, 2.75) is 0 Å². The molecule has 0 amide bonds. The minimum atomic E-state index is -0.679. The van der Waals surface area contributed by atoms with Gasteiger partial charge in [0, 0.05) is 17.8 Å². The Balaban J connectivity index is 2.24. The van der Waals surface area contributed by atoms with Crippen LogP contribution in [0, 0.1) is 10.1 Å². The summed E-state index contributed by atoms with van der Waals surface area (Å²) in [5, 5.41) is 13.1. The van der Waals surface area contributed by atoms with E-state index in [2.05, 4.69) is 5.32 Å². The summed E-state index contributed by atoms with van der Waals surface area (Å²) < 4.78 is 4.75. The smallest absolute Gasteiger partial charge is 0.272 e. The second-order valence-electron chi connectivity index (χ2n) is 3.50. The van der Waals surface area contributed by atoms with Crippen LogP contribution < -0.4 is 20.9 Å². The van der Waals surface area contributed by atoms with Crippen LogP contribution in [0.1, 0.15) is 0 Å². The van der Waals surface area contributed by atoms with E-state index in [1.807, 2.05) is 0 Å². The van der Waals surface area contributed by atoms with Crippen LogP contribution in [-0.2, 0) is 0 Å². The number of methoxy groups -OCH3 is 1. The van der Waals surface area contributed by atoms with E-state index >= 15 is 0 Å². The molecule has 0 bridgehead atoms. The Morgan fingerprint density at radius 2 is 1.78 bits per heavy atom. The van der Waals surface area contributed by atoms with Gasteiger partial charge in [0.05, 0.1) is 12.0 Å². The minimum absolute atomic E-state index is 0.0293. The third-order valence-corrected chi connectivity index (χ3v) is 2.42. The highest BCUT2D eigenvalue weighted by Gasteiger charge is 2.21. The molecule has 1 N–H and O–H groups in total. The zero-order valence-electron chi connectivity index (χ0n) is 9.30. The molecule has 18 heavy (non-hydrogen) atoms. The molecule has 0 aliphatic heterocycles. The number of nitrogens with one attached hydrogen (secondary N) is 1. The maximum absolute atomic E-state index is 11.3. The van der Waals surface area contributed by atoms with Crippen LogP contribution in [0.25, 0.3) is 0 Å². The predicted molar refractivity (Wildman–Crippen MR) is 64.3 cm³/mol. The molecule has 2 aromatic rings. The number of non-ortho nitro benzene ring substituents is 1. The first-order valence-corrected chi connectivity index (χ1v) is 4.93. The Morgan fingerprint density at radius 3 is 2.28 bits per heavy atom. The van der Waals surface area contributed by atoms with Gasteiger partial charge in [-0.3, -0.25) is 19.7 Å². The maximum atomic E-state index is 11.3. The highest BCUT2D eigenvalue weighted by Crippen LogP contribution is 2.23. The highest BCUT2D eigenvalue weighted by atomic mass is 16.6. The van der Waals surface area contributed by atoms with Crippen molar-refractivity contribution in [2.75, 3.05) is 12.4 Å². The molecular weight excluding hydrogens is 240 g/mol. The molecule has 0 aromatic heterocycles. The number of rotatable bonds is 4. The summed E-state index contributed by atoms with van der Waals surface area (Å²) in [5.74, 6) is -0.0293. The maximum Gasteiger partial charge on any atom is 0.272 e. The fourth-order valence-electron chi connectivity index (χ4n) is 1.49. The van der Waals surface area contributed by atoms with E-state index in [4.69, 9.17) is 4.74 Å². The van der Waals surface area contributed by atoms with Gasteiger partial charge in [0.2, 0.25) is 0 Å². The van der Waals surface area contributed by atoms with Crippen molar-refractivity contribution in [3.05, 3.63) is 54.8 Å². The number of nitro groups is 1. The van der Waals surface area contributed by atoms with Crippen LogP contribution in [0.5, 0.6) is 5.75 Å². The van der Waals surface area contributed by atoms with Crippen molar-refractivity contribution in [1.82, 2.24) is 0 Å². The molecule has 0 heterocycles. The van der Waals surface area contributed by atoms with Crippen LogP contribution in [0.2, 0.25) is 0 Å². The summed E-state index contributed by atoms with van der Waals surface area (Å²) in [7, 11) is 1.29. The van der Waals surface area contributed by atoms with E-state index in [1.165, 1.54) is 31.4 Å². The molecule has 0 unspecified atom stereocenters. The Morgan fingerprint density at radius 1 is 1.17 bits per heavy atom. The average molecular weight is 248 g/mol. The lowest BCUT2D eigenvalue weighted by Crippen LogP contribution is -2.34. The van der Waals surface area contributed by atoms with Crippen LogP contribution in [0.3, 0.4) is 0 Å². The van der Waals surface area contributed by atoms with Gasteiger partial charge >= 0.3 is 0 Å². The molecule has 0 fully saturated rings. The molecule has 7 heteroatoms. The molecule has 0 aliphatic rings. The molecule has 2 rings (SSSR count). The molecule has 7 nitrogen and oxygen atoms in total. The van der Waals surface area contributed by atoms with E-state index in [0.29, 0.717) is 5.69 Å². The van der Waals surface area contributed by atoms with Crippen molar-refractivity contribution in [1.29, 1.82) is 0 Å². The summed E-state index contributed by atoms with van der Waals surface area (Å²) >= 11 is 0. The third kappa shape index (κ3) is 1.81. The van der Waals surface area contributed by atoms with E-state index < -0.39 is 15.8 Å². The van der Waals surface area contributed by atoms with Crippen LogP contribution in [0.15, 0.2) is 33.9 Å². The first kappa shape index (κ1) is 11.8. The van der Waals surface area contributed by atoms with Crippen molar-refractivity contribution in [3.63, 3.8) is 0 Å². The van der Waals surface area contributed by atoms with E-state index in [-0.39, 0.29) is 17.1 Å². The van der Waals surface area contributed by atoms with Gasteiger partial charge in [0.1, 0.15) is 5.69 Å². The average Bonchev–Trinajstić information content (AvgIpc) is 2.38. The zero-order valence-corrected chi connectivity index (χ0v) is 9.30. The SMILES string of the molecule is COc1c(Nc2ccc([N+](=O)[O-])cc2)c(=O)c1=O. The van der Waals surface area contributed by atoms with Crippen molar-refractivity contribution < 1.29 is 9.66 Å². The molecule has 0 spiro atoms. The van der Waals surface area contributed by atoms with Gasteiger partial charge in [-0.1, -0.05) is 0 Å². The fourth-order valence-corrected chi connectivity index (χ4v) is 1.49. The van der Waals surface area contributed by atoms with Gasteiger partial charge in [-0.25, -0.2) is 0 Å². The lowest BCUT2D eigenvalue weighted by atomic mass is 10.2. The first-order chi connectivity index (χ1) is 8.54. The zero-order chi connectivity index (χ0) is 13.3. The molecule has 0 radical (unpaired) electrons. The standard InChI is InChI=1S/C11H8N2O5/c1-18-11-8(9(14)10(11)15)12-6-2-4-7(5-3-6)13(16)17/h2-5,12H,1H3. The van der Waals surface area contributed by atoms with E-state index in [9.17, 15) is 19.7 Å². The van der Waals surface area contributed by atoms with Crippen molar-refractivity contribution >= 4 is 17.1 Å². The third-order valence-electron chi connectivity index (χ3n) is 2.42. The van der Waals surface area contributed by atoms with Crippen LogP contribution >= 0.6 is 0 Å². The van der Waals surface area contributed by atoms with Gasteiger partial charge in [0.25, 0.3) is 16.5 Å². The molecular formula is C11H8N2O5. The molecule has 2 aromatic carbocycles. The van der Waals surface area contributed by atoms with Crippen molar-refractivity contribution in [3.8, 4) is 5.75 Å². The Bertz CT molecular complexity index is 668.